The molecule has 29 heavy (non-hydrogen) atoms. The van der Waals surface area contributed by atoms with Crippen molar-refractivity contribution in [3.8, 4) is 5.75 Å². The quantitative estimate of drug-likeness (QED) is 0.656. The molecule has 0 fully saturated rings. The second kappa shape index (κ2) is 7.47. The van der Waals surface area contributed by atoms with Crippen LogP contribution in [0.25, 0.3) is 11.0 Å². The summed E-state index contributed by atoms with van der Waals surface area (Å²) in [5.74, 6) is 0.768. The summed E-state index contributed by atoms with van der Waals surface area (Å²) in [4.78, 5) is 2.14. The predicted octanol–water partition coefficient (Wildman–Crippen LogP) is 3.10. The number of rotatable bonds is 5. The van der Waals surface area contributed by atoms with E-state index < -0.39 is 10.0 Å². The minimum Gasteiger partial charge on any atom is -0.496 e. The van der Waals surface area contributed by atoms with Crippen LogP contribution in [-0.2, 0) is 22.9 Å². The first-order valence-electron chi connectivity index (χ1n) is 9.10. The molecule has 2 aromatic carbocycles. The van der Waals surface area contributed by atoms with E-state index in [1.807, 2.05) is 14.1 Å². The van der Waals surface area contributed by atoms with E-state index in [0.29, 0.717) is 11.7 Å². The smallest absolute Gasteiger partial charge is 0.264 e. The molecule has 1 aliphatic carbocycles. The highest BCUT2D eigenvalue weighted by atomic mass is 35.5. The van der Waals surface area contributed by atoms with Gasteiger partial charge in [0.05, 0.1) is 17.8 Å². The second-order valence-electron chi connectivity index (χ2n) is 7.25. The molecule has 4 rings (SSSR count). The molecule has 0 spiro atoms. The molecule has 1 heterocycles. The van der Waals surface area contributed by atoms with E-state index in [0.717, 1.165) is 36.1 Å². The summed E-state index contributed by atoms with van der Waals surface area (Å²) < 4.78 is 39.2. The van der Waals surface area contributed by atoms with Crippen LogP contribution in [0.1, 0.15) is 17.5 Å². The van der Waals surface area contributed by atoms with Crippen LogP contribution in [0.5, 0.6) is 5.75 Å². The van der Waals surface area contributed by atoms with Gasteiger partial charge in [-0.25, -0.2) is 13.0 Å². The van der Waals surface area contributed by atoms with E-state index in [4.69, 9.17) is 16.3 Å². The van der Waals surface area contributed by atoms with Crippen molar-refractivity contribution in [1.82, 2.24) is 15.2 Å². The maximum absolute atomic E-state index is 13.1. The standard InChI is InChI=1S/C19H21ClN4O4S/c1-24(2)11-4-5-12-13(10-11)16(27-3)8-7-15(12)23-29(25,26)17-9-6-14(20)18-19(17)22-28-21-18/h6-9,11,23H,4-5,10H2,1-3H3/t11-/m0/s1. The number of hydrogen-bond acceptors (Lipinski definition) is 7. The highest BCUT2D eigenvalue weighted by Gasteiger charge is 2.28. The number of aromatic nitrogens is 2. The third-order valence-corrected chi connectivity index (χ3v) is 7.07. The van der Waals surface area contributed by atoms with Gasteiger partial charge in [-0.3, -0.25) is 4.72 Å². The van der Waals surface area contributed by atoms with E-state index in [1.165, 1.54) is 12.1 Å². The van der Waals surface area contributed by atoms with Gasteiger partial charge in [-0.05, 0) is 73.5 Å². The Kier molecular flexibility index (Phi) is 5.14. The van der Waals surface area contributed by atoms with E-state index in [1.54, 1.807) is 19.2 Å². The molecule has 10 heteroatoms. The molecule has 0 amide bonds. The molecular formula is C19H21ClN4O4S. The highest BCUT2D eigenvalue weighted by Crippen LogP contribution is 2.37. The van der Waals surface area contributed by atoms with Crippen molar-refractivity contribution >= 4 is 38.3 Å². The van der Waals surface area contributed by atoms with Gasteiger partial charge >= 0.3 is 0 Å². The van der Waals surface area contributed by atoms with Gasteiger partial charge in [0.25, 0.3) is 10.0 Å². The van der Waals surface area contributed by atoms with Gasteiger partial charge in [0.2, 0.25) is 0 Å². The lowest BCUT2D eigenvalue weighted by Crippen LogP contribution is -2.34. The normalized spacial score (nSPS) is 16.8. The number of nitrogens with zero attached hydrogens (tertiary/aromatic N) is 3. The van der Waals surface area contributed by atoms with Crippen LogP contribution >= 0.6 is 11.6 Å². The lowest BCUT2D eigenvalue weighted by molar-refractivity contribution is 0.265. The van der Waals surface area contributed by atoms with E-state index in [-0.39, 0.29) is 21.0 Å². The maximum atomic E-state index is 13.1. The van der Waals surface area contributed by atoms with Gasteiger partial charge in [-0.15, -0.1) is 0 Å². The maximum Gasteiger partial charge on any atom is 0.264 e. The van der Waals surface area contributed by atoms with Crippen LogP contribution in [0.4, 0.5) is 5.69 Å². The Balaban J connectivity index is 1.75. The SMILES string of the molecule is COc1ccc(NS(=O)(=O)c2ccc(Cl)c3nonc23)c2c1C[C@@H](N(C)C)CC2. The number of methoxy groups -OCH3 is 1. The third kappa shape index (κ3) is 3.54. The van der Waals surface area contributed by atoms with Crippen molar-refractivity contribution in [3.05, 3.63) is 40.4 Å². The molecular weight excluding hydrogens is 416 g/mol. The van der Waals surface area contributed by atoms with Crippen LogP contribution in [0, 0.1) is 0 Å². The van der Waals surface area contributed by atoms with Gasteiger partial charge in [0, 0.05) is 11.6 Å². The first kappa shape index (κ1) is 19.9. The first-order valence-corrected chi connectivity index (χ1v) is 11.0. The largest absolute Gasteiger partial charge is 0.496 e. The number of nitrogens with one attached hydrogen (secondary N) is 1. The Morgan fingerprint density at radius 3 is 2.66 bits per heavy atom. The number of benzene rings is 2. The van der Waals surface area contributed by atoms with Gasteiger partial charge < -0.3 is 9.64 Å². The Hall–Kier alpha value is -2.36. The van der Waals surface area contributed by atoms with Crippen molar-refractivity contribution in [1.29, 1.82) is 0 Å². The Morgan fingerprint density at radius 2 is 1.93 bits per heavy atom. The van der Waals surface area contributed by atoms with Crippen molar-refractivity contribution in [2.24, 2.45) is 0 Å². The molecule has 3 aromatic rings. The summed E-state index contributed by atoms with van der Waals surface area (Å²) >= 11 is 6.05. The summed E-state index contributed by atoms with van der Waals surface area (Å²) in [6, 6.07) is 6.77. The highest BCUT2D eigenvalue weighted by molar-refractivity contribution is 7.93. The number of halogens is 1. The molecule has 0 unspecified atom stereocenters. The molecule has 0 saturated heterocycles. The average molecular weight is 437 g/mol. The summed E-state index contributed by atoms with van der Waals surface area (Å²) in [5, 5.41) is 7.68. The van der Waals surface area contributed by atoms with Gasteiger partial charge in [0.1, 0.15) is 10.6 Å². The monoisotopic (exact) mass is 436 g/mol. The van der Waals surface area contributed by atoms with E-state index >= 15 is 0 Å². The zero-order valence-corrected chi connectivity index (χ0v) is 17.8. The summed E-state index contributed by atoms with van der Waals surface area (Å²) in [7, 11) is 1.79. The zero-order valence-electron chi connectivity index (χ0n) is 16.3. The van der Waals surface area contributed by atoms with E-state index in [9.17, 15) is 8.42 Å². The Morgan fingerprint density at radius 1 is 1.17 bits per heavy atom. The number of anilines is 1. The van der Waals surface area contributed by atoms with E-state index in [2.05, 4.69) is 24.6 Å². The fraction of sp³-hybridized carbons (Fsp3) is 0.368. The minimum absolute atomic E-state index is 0.0373. The van der Waals surface area contributed by atoms with Gasteiger partial charge in [0.15, 0.2) is 11.0 Å². The molecule has 1 N–H and O–H groups in total. The molecule has 1 aliphatic rings. The van der Waals surface area contributed by atoms with Crippen LogP contribution in [0.15, 0.2) is 33.8 Å². The fourth-order valence-corrected chi connectivity index (χ4v) is 5.20. The molecule has 0 aliphatic heterocycles. The lowest BCUT2D eigenvalue weighted by atomic mass is 9.86. The Bertz CT molecular complexity index is 1180. The zero-order chi connectivity index (χ0) is 20.8. The lowest BCUT2D eigenvalue weighted by Gasteiger charge is -2.32. The van der Waals surface area contributed by atoms with Crippen molar-refractivity contribution in [2.45, 2.75) is 30.2 Å². The first-order chi connectivity index (χ1) is 13.8. The number of likely N-dealkylation sites (N-methyl/N-ethyl adjacent to an activating group) is 1. The van der Waals surface area contributed by atoms with Crippen LogP contribution in [0.3, 0.4) is 0 Å². The molecule has 154 valence electrons. The third-order valence-electron chi connectivity index (χ3n) is 5.37. The van der Waals surface area contributed by atoms with Crippen LogP contribution < -0.4 is 9.46 Å². The topological polar surface area (TPSA) is 97.6 Å². The van der Waals surface area contributed by atoms with Gasteiger partial charge in [-0.1, -0.05) is 11.6 Å². The van der Waals surface area contributed by atoms with Crippen molar-refractivity contribution in [3.63, 3.8) is 0 Å². The molecule has 0 radical (unpaired) electrons. The number of ether oxygens (including phenoxy) is 1. The molecule has 1 atom stereocenters. The van der Waals surface area contributed by atoms with Crippen molar-refractivity contribution < 1.29 is 17.8 Å². The van der Waals surface area contributed by atoms with Crippen LogP contribution in [0.2, 0.25) is 5.02 Å². The average Bonchev–Trinajstić information content (AvgIpc) is 3.18. The summed E-state index contributed by atoms with van der Waals surface area (Å²) in [6.07, 6.45) is 2.47. The second-order valence-corrected chi connectivity index (χ2v) is 9.30. The fourth-order valence-electron chi connectivity index (χ4n) is 3.79. The number of hydrogen-bond donors (Lipinski definition) is 1. The molecule has 8 nitrogen and oxygen atoms in total. The number of sulfonamides is 1. The summed E-state index contributed by atoms with van der Waals surface area (Å²) in [6.45, 7) is 0. The molecule has 1 aromatic heterocycles. The molecule has 0 saturated carbocycles. The van der Waals surface area contributed by atoms with Crippen LogP contribution in [-0.4, -0.2) is 50.9 Å². The van der Waals surface area contributed by atoms with Gasteiger partial charge in [-0.2, -0.15) is 0 Å². The predicted molar refractivity (Wildman–Crippen MR) is 110 cm³/mol. The number of fused-ring (bicyclic) bond motifs is 2. The molecule has 0 bridgehead atoms. The minimum atomic E-state index is -3.93. The Labute approximate surface area is 173 Å². The van der Waals surface area contributed by atoms with Crippen molar-refractivity contribution in [2.75, 3.05) is 25.9 Å². The summed E-state index contributed by atoms with van der Waals surface area (Å²) in [5.41, 5.74) is 2.83.